The third kappa shape index (κ3) is 1.56. The van der Waals surface area contributed by atoms with E-state index in [9.17, 15) is 4.79 Å². The van der Waals surface area contributed by atoms with Gasteiger partial charge in [-0.2, -0.15) is 0 Å². The number of hydrogen-bond donors (Lipinski definition) is 0. The minimum atomic E-state index is 0.0789. The Bertz CT molecular complexity index is 676. The molecule has 0 atom stereocenters. The third-order valence-corrected chi connectivity index (χ3v) is 4.73. The second-order valence-electron chi connectivity index (χ2n) is 4.47. The number of methoxy groups -OCH3 is 1. The molecule has 3 nitrogen and oxygen atoms in total. The molecule has 0 fully saturated rings. The molecular formula is C14H15NO2S. The number of fused-ring (bicyclic) bond motifs is 2. The Morgan fingerprint density at radius 2 is 2.22 bits per heavy atom. The first-order valence-corrected chi connectivity index (χ1v) is 7.05. The zero-order valence-electron chi connectivity index (χ0n) is 10.5. The Hall–Kier alpha value is -1.42. The molecule has 1 aliphatic heterocycles. The van der Waals surface area contributed by atoms with E-state index in [0.29, 0.717) is 11.1 Å². The summed E-state index contributed by atoms with van der Waals surface area (Å²) in [4.78, 5) is 12.6. The van der Waals surface area contributed by atoms with Crippen molar-refractivity contribution in [3.63, 3.8) is 0 Å². The Morgan fingerprint density at radius 3 is 3.00 bits per heavy atom. The van der Waals surface area contributed by atoms with E-state index in [4.69, 9.17) is 4.74 Å². The lowest BCUT2D eigenvalue weighted by Crippen LogP contribution is -2.26. The summed E-state index contributed by atoms with van der Waals surface area (Å²) in [5.41, 5.74) is 1.27. The molecule has 1 aliphatic rings. The van der Waals surface area contributed by atoms with Gasteiger partial charge in [-0.3, -0.25) is 4.79 Å². The average molecular weight is 261 g/mol. The number of thioether (sulfide) groups is 1. The van der Waals surface area contributed by atoms with E-state index in [-0.39, 0.29) is 5.56 Å². The van der Waals surface area contributed by atoms with Crippen molar-refractivity contribution in [3.05, 3.63) is 34.1 Å². The molecule has 1 aromatic carbocycles. The maximum absolute atomic E-state index is 12.6. The number of nitrogens with zero attached hydrogens (tertiary/aromatic N) is 1. The summed E-state index contributed by atoms with van der Waals surface area (Å²) in [5, 5.41) is 2.84. The standard InChI is InChI=1S/C14H15NO2S/c1-9-10-5-3-6-11(17-2)12(10)13(16)15-7-4-8-18-14(9)15/h3,5-6H,4,7-8H2,1-2H3. The Labute approximate surface area is 110 Å². The molecule has 94 valence electrons. The Morgan fingerprint density at radius 1 is 1.39 bits per heavy atom. The van der Waals surface area contributed by atoms with Crippen molar-refractivity contribution in [3.8, 4) is 5.75 Å². The van der Waals surface area contributed by atoms with Crippen LogP contribution in [0.25, 0.3) is 10.8 Å². The lowest BCUT2D eigenvalue weighted by molar-refractivity contribution is 0.419. The van der Waals surface area contributed by atoms with E-state index in [2.05, 4.69) is 6.92 Å². The van der Waals surface area contributed by atoms with Gasteiger partial charge in [0, 0.05) is 12.3 Å². The average Bonchev–Trinajstić information content (AvgIpc) is 2.44. The van der Waals surface area contributed by atoms with E-state index >= 15 is 0 Å². The van der Waals surface area contributed by atoms with Crippen molar-refractivity contribution in [2.75, 3.05) is 12.9 Å². The van der Waals surface area contributed by atoms with Crippen LogP contribution in [0.1, 0.15) is 12.0 Å². The molecule has 0 radical (unpaired) electrons. The number of aryl methyl sites for hydroxylation is 1. The van der Waals surface area contributed by atoms with Crippen LogP contribution >= 0.6 is 11.8 Å². The van der Waals surface area contributed by atoms with Crippen LogP contribution < -0.4 is 10.3 Å². The van der Waals surface area contributed by atoms with E-state index in [0.717, 1.165) is 29.1 Å². The molecule has 4 heteroatoms. The third-order valence-electron chi connectivity index (χ3n) is 3.44. The van der Waals surface area contributed by atoms with E-state index in [1.807, 2.05) is 22.8 Å². The lowest BCUT2D eigenvalue weighted by Gasteiger charge is -2.21. The van der Waals surface area contributed by atoms with Gasteiger partial charge < -0.3 is 9.30 Å². The smallest absolute Gasteiger partial charge is 0.263 e. The first-order valence-electron chi connectivity index (χ1n) is 6.07. The molecule has 0 aliphatic carbocycles. The van der Waals surface area contributed by atoms with Gasteiger partial charge in [-0.1, -0.05) is 12.1 Å². The van der Waals surface area contributed by atoms with Crippen LogP contribution in [0.5, 0.6) is 5.75 Å². The fourth-order valence-corrected chi connectivity index (χ4v) is 3.68. The molecule has 18 heavy (non-hydrogen) atoms. The number of pyridine rings is 1. The van der Waals surface area contributed by atoms with Crippen molar-refractivity contribution in [2.24, 2.45) is 0 Å². The van der Waals surface area contributed by atoms with Crippen LogP contribution in [0.2, 0.25) is 0 Å². The van der Waals surface area contributed by atoms with Crippen LogP contribution in [-0.4, -0.2) is 17.4 Å². The zero-order valence-corrected chi connectivity index (χ0v) is 11.3. The van der Waals surface area contributed by atoms with Crippen LogP contribution in [0.15, 0.2) is 28.0 Å². The summed E-state index contributed by atoms with van der Waals surface area (Å²) in [6, 6.07) is 5.80. The van der Waals surface area contributed by atoms with E-state index in [1.54, 1.807) is 18.9 Å². The molecule has 0 saturated carbocycles. The minimum Gasteiger partial charge on any atom is -0.496 e. The van der Waals surface area contributed by atoms with Gasteiger partial charge in [-0.25, -0.2) is 0 Å². The summed E-state index contributed by atoms with van der Waals surface area (Å²) in [7, 11) is 1.61. The van der Waals surface area contributed by atoms with Gasteiger partial charge in [0.15, 0.2) is 0 Å². The summed E-state index contributed by atoms with van der Waals surface area (Å²) >= 11 is 1.78. The van der Waals surface area contributed by atoms with Gasteiger partial charge >= 0.3 is 0 Å². The van der Waals surface area contributed by atoms with Crippen LogP contribution in [0, 0.1) is 6.92 Å². The number of rotatable bonds is 1. The molecule has 0 spiro atoms. The highest BCUT2D eigenvalue weighted by Crippen LogP contribution is 2.33. The summed E-state index contributed by atoms with van der Waals surface area (Å²) < 4.78 is 7.23. The molecule has 0 bridgehead atoms. The maximum Gasteiger partial charge on any atom is 0.263 e. The number of hydrogen-bond acceptors (Lipinski definition) is 3. The van der Waals surface area contributed by atoms with Gasteiger partial charge in [0.2, 0.25) is 0 Å². The van der Waals surface area contributed by atoms with Gasteiger partial charge in [0.1, 0.15) is 5.75 Å². The molecule has 0 N–H and O–H groups in total. The largest absolute Gasteiger partial charge is 0.496 e. The topological polar surface area (TPSA) is 31.2 Å². The monoisotopic (exact) mass is 261 g/mol. The lowest BCUT2D eigenvalue weighted by atomic mass is 10.1. The van der Waals surface area contributed by atoms with Crippen molar-refractivity contribution in [1.82, 2.24) is 4.57 Å². The number of aromatic nitrogens is 1. The number of ether oxygens (including phenoxy) is 1. The second kappa shape index (κ2) is 4.35. The molecule has 0 unspecified atom stereocenters. The fourth-order valence-electron chi connectivity index (χ4n) is 2.56. The highest BCUT2D eigenvalue weighted by atomic mass is 32.2. The molecule has 3 rings (SSSR count). The Kier molecular flexibility index (Phi) is 2.82. The van der Waals surface area contributed by atoms with Crippen molar-refractivity contribution < 1.29 is 4.74 Å². The molecule has 2 aromatic rings. The highest BCUT2D eigenvalue weighted by Gasteiger charge is 2.19. The fraction of sp³-hybridized carbons (Fsp3) is 0.357. The SMILES string of the molecule is COc1cccc2c(C)c3n(c(=O)c12)CCCS3. The quantitative estimate of drug-likeness (QED) is 0.791. The van der Waals surface area contributed by atoms with Crippen LogP contribution in [0.4, 0.5) is 0 Å². The first-order chi connectivity index (χ1) is 8.74. The highest BCUT2D eigenvalue weighted by molar-refractivity contribution is 7.99. The van der Waals surface area contributed by atoms with Crippen molar-refractivity contribution >= 4 is 22.5 Å². The van der Waals surface area contributed by atoms with Crippen LogP contribution in [-0.2, 0) is 6.54 Å². The molecule has 2 heterocycles. The molecule has 1 aromatic heterocycles. The van der Waals surface area contributed by atoms with Gasteiger partial charge in [-0.05, 0) is 30.4 Å². The summed E-state index contributed by atoms with van der Waals surface area (Å²) in [6.07, 6.45) is 1.05. The van der Waals surface area contributed by atoms with E-state index in [1.165, 1.54) is 5.56 Å². The van der Waals surface area contributed by atoms with E-state index < -0.39 is 0 Å². The van der Waals surface area contributed by atoms with Crippen LogP contribution in [0.3, 0.4) is 0 Å². The predicted molar refractivity (Wildman–Crippen MR) is 74.8 cm³/mol. The van der Waals surface area contributed by atoms with Crippen molar-refractivity contribution in [2.45, 2.75) is 24.9 Å². The zero-order chi connectivity index (χ0) is 12.7. The Balaban J connectivity index is 2.48. The maximum atomic E-state index is 12.6. The van der Waals surface area contributed by atoms with Crippen molar-refractivity contribution in [1.29, 1.82) is 0 Å². The second-order valence-corrected chi connectivity index (χ2v) is 5.56. The summed E-state index contributed by atoms with van der Waals surface area (Å²) in [5.74, 6) is 1.77. The number of benzene rings is 1. The first kappa shape index (κ1) is 11.7. The minimum absolute atomic E-state index is 0.0789. The molecular weight excluding hydrogens is 246 g/mol. The van der Waals surface area contributed by atoms with Gasteiger partial charge in [0.05, 0.1) is 17.5 Å². The summed E-state index contributed by atoms with van der Waals surface area (Å²) in [6.45, 7) is 2.90. The normalized spacial score (nSPS) is 14.6. The van der Waals surface area contributed by atoms with Gasteiger partial charge in [0.25, 0.3) is 5.56 Å². The predicted octanol–water partition coefficient (Wildman–Crippen LogP) is 2.81. The van der Waals surface area contributed by atoms with Gasteiger partial charge in [-0.15, -0.1) is 11.8 Å². The molecule has 0 saturated heterocycles. The molecule has 0 amide bonds.